The van der Waals surface area contributed by atoms with E-state index < -0.39 is 0 Å². The molecule has 0 aromatic carbocycles. The Labute approximate surface area is 95.5 Å². The highest BCUT2D eigenvalue weighted by molar-refractivity contribution is 5.33. The molecule has 10 N–H and O–H groups in total. The van der Waals surface area contributed by atoms with Gasteiger partial charge in [-0.05, 0) is 0 Å². The van der Waals surface area contributed by atoms with Crippen LogP contribution in [0.25, 0.3) is 0 Å². The standard InChI is InChI=1S/C3H6N6.C3H5N5/c4-1-7-2(5)9-3(6)8-1;4-2-6-1-7-3(5)8-2/h(H6,4,5,6,7,8,9);1H,(H4,4,5,6,7,8). The van der Waals surface area contributed by atoms with Crippen molar-refractivity contribution in [2.24, 2.45) is 0 Å². The van der Waals surface area contributed by atoms with Gasteiger partial charge in [-0.15, -0.1) is 0 Å². The second-order valence-electron chi connectivity index (χ2n) is 2.61. The third-order valence-electron chi connectivity index (χ3n) is 1.30. The van der Waals surface area contributed by atoms with Crippen LogP contribution >= 0.6 is 0 Å². The van der Waals surface area contributed by atoms with Gasteiger partial charge in [-0.2, -0.15) is 19.9 Å². The zero-order valence-corrected chi connectivity index (χ0v) is 8.65. The van der Waals surface area contributed by atoms with Crippen molar-refractivity contribution in [2.75, 3.05) is 28.7 Å². The topological polar surface area (TPSA) is 207 Å². The van der Waals surface area contributed by atoms with E-state index in [2.05, 4.69) is 29.9 Å². The number of anilines is 5. The van der Waals surface area contributed by atoms with Gasteiger partial charge in [0.1, 0.15) is 6.33 Å². The number of rotatable bonds is 0. The quantitative estimate of drug-likeness (QED) is 0.327. The van der Waals surface area contributed by atoms with Crippen LogP contribution < -0.4 is 28.7 Å². The molecule has 17 heavy (non-hydrogen) atoms. The van der Waals surface area contributed by atoms with Crippen LogP contribution in [0, 0.1) is 0 Å². The van der Waals surface area contributed by atoms with Crippen LogP contribution in [-0.2, 0) is 0 Å². The van der Waals surface area contributed by atoms with E-state index in [4.69, 9.17) is 28.7 Å². The smallest absolute Gasteiger partial charge is 0.226 e. The summed E-state index contributed by atoms with van der Waals surface area (Å²) in [5.74, 6) is 0.426. The first kappa shape index (κ1) is 12.1. The summed E-state index contributed by atoms with van der Waals surface area (Å²) in [6.45, 7) is 0. The lowest BCUT2D eigenvalue weighted by Gasteiger charge is -1.93. The number of hydrogen-bond acceptors (Lipinski definition) is 11. The van der Waals surface area contributed by atoms with Crippen molar-refractivity contribution in [3.63, 3.8) is 0 Å². The van der Waals surface area contributed by atoms with Gasteiger partial charge in [0.15, 0.2) is 0 Å². The molecule has 0 aliphatic carbocycles. The molecule has 11 nitrogen and oxygen atoms in total. The molecular weight excluding hydrogens is 226 g/mol. The number of nitrogen functional groups attached to an aromatic ring is 5. The van der Waals surface area contributed by atoms with E-state index in [9.17, 15) is 0 Å². The van der Waals surface area contributed by atoms with E-state index in [0.29, 0.717) is 0 Å². The normalized spacial score (nSPS) is 9.18. The van der Waals surface area contributed by atoms with Gasteiger partial charge >= 0.3 is 0 Å². The summed E-state index contributed by atoms with van der Waals surface area (Å²) in [6, 6.07) is 0. The second kappa shape index (κ2) is 5.20. The van der Waals surface area contributed by atoms with Crippen molar-refractivity contribution in [3.8, 4) is 0 Å². The monoisotopic (exact) mass is 237 g/mol. The van der Waals surface area contributed by atoms with Crippen molar-refractivity contribution in [1.29, 1.82) is 0 Å². The largest absolute Gasteiger partial charge is 0.368 e. The Morgan fingerprint density at radius 1 is 0.529 bits per heavy atom. The molecule has 0 saturated heterocycles. The van der Waals surface area contributed by atoms with Gasteiger partial charge in [-0.25, -0.2) is 9.97 Å². The molecule has 11 heteroatoms. The molecular formula is C6H11N11. The van der Waals surface area contributed by atoms with E-state index in [0.717, 1.165) is 0 Å². The van der Waals surface area contributed by atoms with Crippen molar-refractivity contribution in [2.45, 2.75) is 0 Å². The zero-order chi connectivity index (χ0) is 12.8. The van der Waals surface area contributed by atoms with E-state index in [1.165, 1.54) is 6.33 Å². The van der Waals surface area contributed by atoms with E-state index in [1.807, 2.05) is 0 Å². The Balaban J connectivity index is 0.000000171. The van der Waals surface area contributed by atoms with Gasteiger partial charge in [0.05, 0.1) is 0 Å². The van der Waals surface area contributed by atoms with Crippen LogP contribution in [0.1, 0.15) is 0 Å². The molecule has 0 aliphatic heterocycles. The Bertz CT molecular complexity index is 429. The number of hydrogen-bond donors (Lipinski definition) is 5. The third kappa shape index (κ3) is 4.37. The van der Waals surface area contributed by atoms with Gasteiger partial charge in [0.2, 0.25) is 29.7 Å². The molecule has 2 rings (SSSR count). The lowest BCUT2D eigenvalue weighted by atomic mass is 10.9. The van der Waals surface area contributed by atoms with Crippen LogP contribution in [0.15, 0.2) is 6.33 Å². The second-order valence-corrected chi connectivity index (χ2v) is 2.61. The molecule has 0 saturated carbocycles. The van der Waals surface area contributed by atoms with E-state index in [1.54, 1.807) is 0 Å². The molecule has 0 aliphatic rings. The summed E-state index contributed by atoms with van der Waals surface area (Å²) in [6.07, 6.45) is 1.26. The molecule has 0 amide bonds. The van der Waals surface area contributed by atoms with Gasteiger partial charge in [0.25, 0.3) is 0 Å². The predicted octanol–water partition coefficient (Wildman–Crippen LogP) is -2.35. The maximum absolute atomic E-state index is 5.14. The molecule has 2 heterocycles. The fourth-order valence-corrected chi connectivity index (χ4v) is 0.749. The number of nitrogens with two attached hydrogens (primary N) is 5. The number of nitrogens with zero attached hydrogens (tertiary/aromatic N) is 6. The summed E-state index contributed by atoms with van der Waals surface area (Å²) in [4.78, 5) is 21.0. The molecule has 90 valence electrons. The zero-order valence-electron chi connectivity index (χ0n) is 8.65. The minimum atomic E-state index is 0.0417. The third-order valence-corrected chi connectivity index (χ3v) is 1.30. The van der Waals surface area contributed by atoms with Crippen LogP contribution in [0.3, 0.4) is 0 Å². The Morgan fingerprint density at radius 2 is 0.824 bits per heavy atom. The summed E-state index contributed by atoms with van der Waals surface area (Å²) in [7, 11) is 0. The highest BCUT2D eigenvalue weighted by Crippen LogP contribution is 1.97. The highest BCUT2D eigenvalue weighted by atomic mass is 15.2. The fraction of sp³-hybridized carbons (Fsp3) is 0. The Hall–Kier alpha value is -2.98. The first-order chi connectivity index (χ1) is 7.97. The molecule has 2 aromatic rings. The SMILES string of the molecule is Nc1nc(N)nc(N)n1.Nc1ncnc(N)n1. The fourth-order valence-electron chi connectivity index (χ4n) is 0.749. The predicted molar refractivity (Wildman–Crippen MR) is 61.7 cm³/mol. The van der Waals surface area contributed by atoms with Crippen LogP contribution in [0.5, 0.6) is 0 Å². The first-order valence-corrected chi connectivity index (χ1v) is 4.20. The minimum absolute atomic E-state index is 0.0417. The summed E-state index contributed by atoms with van der Waals surface area (Å²) in [5, 5.41) is 0. The Morgan fingerprint density at radius 3 is 1.06 bits per heavy atom. The van der Waals surface area contributed by atoms with Crippen molar-refractivity contribution in [1.82, 2.24) is 29.9 Å². The van der Waals surface area contributed by atoms with Gasteiger partial charge in [0, 0.05) is 0 Å². The molecule has 0 unspecified atom stereocenters. The summed E-state index contributed by atoms with van der Waals surface area (Å²) in [5.41, 5.74) is 25.6. The van der Waals surface area contributed by atoms with Crippen LogP contribution in [0.2, 0.25) is 0 Å². The maximum atomic E-state index is 5.14. The summed E-state index contributed by atoms with van der Waals surface area (Å²) >= 11 is 0. The molecule has 0 fully saturated rings. The van der Waals surface area contributed by atoms with Crippen molar-refractivity contribution < 1.29 is 0 Å². The van der Waals surface area contributed by atoms with Crippen LogP contribution in [-0.4, -0.2) is 29.9 Å². The van der Waals surface area contributed by atoms with E-state index in [-0.39, 0.29) is 29.7 Å². The maximum Gasteiger partial charge on any atom is 0.226 e. The van der Waals surface area contributed by atoms with Crippen molar-refractivity contribution in [3.05, 3.63) is 6.33 Å². The van der Waals surface area contributed by atoms with Crippen molar-refractivity contribution >= 4 is 29.7 Å². The lowest BCUT2D eigenvalue weighted by molar-refractivity contribution is 1.08. The lowest BCUT2D eigenvalue weighted by Crippen LogP contribution is -2.05. The molecule has 2 aromatic heterocycles. The summed E-state index contributed by atoms with van der Waals surface area (Å²) < 4.78 is 0. The molecule has 0 spiro atoms. The molecule has 0 atom stereocenters. The van der Waals surface area contributed by atoms with E-state index >= 15 is 0 Å². The van der Waals surface area contributed by atoms with Crippen LogP contribution in [0.4, 0.5) is 29.7 Å². The van der Waals surface area contributed by atoms with Gasteiger partial charge in [-0.3, -0.25) is 0 Å². The minimum Gasteiger partial charge on any atom is -0.368 e. The average Bonchev–Trinajstić information content (AvgIpc) is 2.15. The number of aromatic nitrogens is 6. The highest BCUT2D eigenvalue weighted by Gasteiger charge is 1.93. The molecule has 0 radical (unpaired) electrons. The van der Waals surface area contributed by atoms with Gasteiger partial charge in [-0.1, -0.05) is 0 Å². The first-order valence-electron chi connectivity index (χ1n) is 4.20. The molecule has 0 bridgehead atoms. The Kier molecular flexibility index (Phi) is 3.70. The van der Waals surface area contributed by atoms with Gasteiger partial charge < -0.3 is 28.7 Å². The average molecular weight is 237 g/mol.